The first-order chi connectivity index (χ1) is 14.4. The molecule has 2 aromatic rings. The highest BCUT2D eigenvalue weighted by Gasteiger charge is 2.40. The smallest absolute Gasteiger partial charge is 0.325 e. The lowest BCUT2D eigenvalue weighted by molar-refractivity contribution is -0.146. The number of rotatable bonds is 9. The summed E-state index contributed by atoms with van der Waals surface area (Å²) in [7, 11) is -3.94. The second-order valence-corrected chi connectivity index (χ2v) is 15.6. The number of hydrogen-bond donors (Lipinski definition) is 1. The molecule has 0 saturated heterocycles. The maximum atomic E-state index is 13.3. The zero-order chi connectivity index (χ0) is 23.2. The van der Waals surface area contributed by atoms with E-state index in [4.69, 9.17) is 9.16 Å². The lowest BCUT2D eigenvalue weighted by Gasteiger charge is -2.37. The molecule has 7 heteroatoms. The number of esters is 1. The van der Waals surface area contributed by atoms with Crippen LogP contribution in [0.2, 0.25) is 18.1 Å². The van der Waals surface area contributed by atoms with Gasteiger partial charge < -0.3 is 14.3 Å². The zero-order valence-electron chi connectivity index (χ0n) is 19.3. The van der Waals surface area contributed by atoms with Crippen molar-refractivity contribution in [3.05, 3.63) is 65.7 Å². The monoisotopic (exact) mass is 462 g/mol. The summed E-state index contributed by atoms with van der Waals surface area (Å²) < 4.78 is 24.8. The van der Waals surface area contributed by atoms with Gasteiger partial charge in [-0.3, -0.25) is 9.00 Å². The van der Waals surface area contributed by atoms with Crippen molar-refractivity contribution in [2.45, 2.75) is 68.7 Å². The molecule has 5 nitrogen and oxygen atoms in total. The van der Waals surface area contributed by atoms with E-state index >= 15 is 0 Å². The Hall–Kier alpha value is -1.80. The first-order valence-electron chi connectivity index (χ1n) is 10.4. The molecule has 2 aromatic carbocycles. The number of carbonyl (C=O) groups is 1. The van der Waals surface area contributed by atoms with Crippen LogP contribution in [-0.2, 0) is 31.4 Å². The van der Waals surface area contributed by atoms with Gasteiger partial charge >= 0.3 is 5.97 Å². The highest BCUT2D eigenvalue weighted by molar-refractivity contribution is 7.86. The molecule has 0 radical (unpaired) electrons. The van der Waals surface area contributed by atoms with Crippen molar-refractivity contribution < 1.29 is 23.3 Å². The maximum absolute atomic E-state index is 13.3. The average molecular weight is 463 g/mol. The van der Waals surface area contributed by atoms with E-state index in [1.54, 1.807) is 12.1 Å². The Bertz CT molecular complexity index is 875. The minimum Gasteiger partial charge on any atom is -0.460 e. The van der Waals surface area contributed by atoms with Crippen molar-refractivity contribution in [3.8, 4) is 0 Å². The summed E-state index contributed by atoms with van der Waals surface area (Å²) in [5, 5.41) is 9.61. The summed E-state index contributed by atoms with van der Waals surface area (Å²) in [5.74, 6) is -0.700. The van der Waals surface area contributed by atoms with E-state index in [2.05, 4.69) is 33.9 Å². The van der Waals surface area contributed by atoms with Gasteiger partial charge in [0, 0.05) is 4.90 Å². The molecule has 0 saturated carbocycles. The Morgan fingerprint density at radius 2 is 1.65 bits per heavy atom. The quantitative estimate of drug-likeness (QED) is 0.436. The van der Waals surface area contributed by atoms with Crippen LogP contribution in [0.25, 0.3) is 0 Å². The van der Waals surface area contributed by atoms with Gasteiger partial charge in [-0.15, -0.1) is 0 Å². The van der Waals surface area contributed by atoms with Gasteiger partial charge in [-0.1, -0.05) is 68.8 Å². The molecule has 170 valence electrons. The second-order valence-electron chi connectivity index (χ2n) is 9.26. The van der Waals surface area contributed by atoms with Gasteiger partial charge in [-0.2, -0.15) is 0 Å². The van der Waals surface area contributed by atoms with Crippen molar-refractivity contribution in [2.24, 2.45) is 0 Å². The van der Waals surface area contributed by atoms with Gasteiger partial charge in [0.1, 0.15) is 12.7 Å². The number of ether oxygens (including phenoxy) is 1. The van der Waals surface area contributed by atoms with E-state index < -0.39 is 36.4 Å². The minimum atomic E-state index is -2.15. The Kier molecular flexibility index (Phi) is 8.77. The van der Waals surface area contributed by atoms with E-state index in [0.717, 1.165) is 11.1 Å². The molecule has 0 fully saturated rings. The topological polar surface area (TPSA) is 72.8 Å². The summed E-state index contributed by atoms with van der Waals surface area (Å²) in [4.78, 5) is 13.4. The standard InChI is InChI=1S/C24H34O5SSi/c1-18-12-14-20(15-13-18)30(27)22(21(25)17-29-31(5,6)24(2,3)4)23(26)28-16-19-10-8-7-9-11-19/h7-15,21-22,25H,16-17H2,1-6H3. The Labute approximate surface area is 189 Å². The first-order valence-corrected chi connectivity index (χ1v) is 14.5. The molecule has 0 heterocycles. The van der Waals surface area contributed by atoms with Crippen molar-refractivity contribution in [1.82, 2.24) is 0 Å². The molecule has 1 N–H and O–H groups in total. The van der Waals surface area contributed by atoms with Gasteiger partial charge in [-0.05, 0) is 42.8 Å². The number of aliphatic hydroxyl groups excluding tert-OH is 1. The van der Waals surface area contributed by atoms with Crippen LogP contribution >= 0.6 is 0 Å². The van der Waals surface area contributed by atoms with Crippen LogP contribution in [0.1, 0.15) is 31.9 Å². The lowest BCUT2D eigenvalue weighted by atomic mass is 10.2. The summed E-state index contributed by atoms with van der Waals surface area (Å²) in [6, 6.07) is 16.4. The number of aryl methyl sites for hydroxylation is 1. The highest BCUT2D eigenvalue weighted by atomic mass is 32.2. The normalized spacial score (nSPS) is 15.2. The number of benzene rings is 2. The highest BCUT2D eigenvalue weighted by Crippen LogP contribution is 2.36. The molecule has 0 amide bonds. The van der Waals surface area contributed by atoms with Gasteiger partial charge in [-0.25, -0.2) is 0 Å². The van der Waals surface area contributed by atoms with Crippen LogP contribution < -0.4 is 0 Å². The first kappa shape index (κ1) is 25.5. The van der Waals surface area contributed by atoms with E-state index in [-0.39, 0.29) is 18.3 Å². The number of hydrogen-bond acceptors (Lipinski definition) is 5. The predicted molar refractivity (Wildman–Crippen MR) is 127 cm³/mol. The third-order valence-corrected chi connectivity index (χ3v) is 11.9. The molecule has 0 bridgehead atoms. The third kappa shape index (κ3) is 7.10. The minimum absolute atomic E-state index is 0.0495. The molecule has 31 heavy (non-hydrogen) atoms. The molecular weight excluding hydrogens is 428 g/mol. The molecule has 2 rings (SSSR count). The fourth-order valence-corrected chi connectivity index (χ4v) is 4.94. The fourth-order valence-electron chi connectivity index (χ4n) is 2.61. The van der Waals surface area contributed by atoms with Gasteiger partial charge in [0.15, 0.2) is 13.6 Å². The van der Waals surface area contributed by atoms with Crippen LogP contribution in [0.5, 0.6) is 0 Å². The van der Waals surface area contributed by atoms with Gasteiger partial charge in [0.25, 0.3) is 0 Å². The van der Waals surface area contributed by atoms with Crippen LogP contribution in [0, 0.1) is 6.92 Å². The van der Waals surface area contributed by atoms with Crippen LogP contribution in [0.3, 0.4) is 0 Å². The van der Waals surface area contributed by atoms with E-state index in [0.29, 0.717) is 4.90 Å². The van der Waals surface area contributed by atoms with Crippen LogP contribution in [-0.4, -0.2) is 41.6 Å². The SMILES string of the molecule is Cc1ccc(S(=O)C(C(=O)OCc2ccccc2)C(O)CO[Si](C)(C)C(C)(C)C)cc1. The molecular formula is C24H34O5SSi. The summed E-state index contributed by atoms with van der Waals surface area (Å²) in [6.07, 6.45) is -1.25. The Morgan fingerprint density at radius 3 is 2.19 bits per heavy atom. The summed E-state index contributed by atoms with van der Waals surface area (Å²) in [5.41, 5.74) is 1.84. The second kappa shape index (κ2) is 10.7. The summed E-state index contributed by atoms with van der Waals surface area (Å²) in [6.45, 7) is 12.3. The fraction of sp³-hybridized carbons (Fsp3) is 0.458. The Balaban J connectivity index is 2.20. The molecule has 0 aromatic heterocycles. The molecule has 0 spiro atoms. The predicted octanol–water partition coefficient (Wildman–Crippen LogP) is 4.60. The van der Waals surface area contributed by atoms with Crippen molar-refractivity contribution in [3.63, 3.8) is 0 Å². The van der Waals surface area contributed by atoms with Crippen molar-refractivity contribution in [1.29, 1.82) is 0 Å². The molecule has 3 unspecified atom stereocenters. The van der Waals surface area contributed by atoms with Crippen molar-refractivity contribution >= 4 is 25.1 Å². The zero-order valence-corrected chi connectivity index (χ0v) is 21.1. The molecule has 0 aliphatic heterocycles. The average Bonchev–Trinajstić information content (AvgIpc) is 2.71. The third-order valence-electron chi connectivity index (χ3n) is 5.71. The molecule has 0 aliphatic carbocycles. The Morgan fingerprint density at radius 1 is 1.06 bits per heavy atom. The van der Waals surface area contributed by atoms with Crippen LogP contribution in [0.15, 0.2) is 59.5 Å². The van der Waals surface area contributed by atoms with Gasteiger partial charge in [0.2, 0.25) is 0 Å². The lowest BCUT2D eigenvalue weighted by Crippen LogP contribution is -2.47. The van der Waals surface area contributed by atoms with Crippen molar-refractivity contribution in [2.75, 3.05) is 6.61 Å². The van der Waals surface area contributed by atoms with Crippen LogP contribution in [0.4, 0.5) is 0 Å². The van der Waals surface area contributed by atoms with E-state index in [9.17, 15) is 14.1 Å². The van der Waals surface area contributed by atoms with E-state index in [1.165, 1.54) is 0 Å². The summed E-state index contributed by atoms with van der Waals surface area (Å²) >= 11 is 0. The number of aliphatic hydroxyl groups is 1. The largest absolute Gasteiger partial charge is 0.460 e. The number of carbonyl (C=O) groups excluding carboxylic acids is 1. The maximum Gasteiger partial charge on any atom is 0.325 e. The molecule has 3 atom stereocenters. The molecule has 0 aliphatic rings. The van der Waals surface area contributed by atoms with E-state index in [1.807, 2.05) is 49.4 Å². The van der Waals surface area contributed by atoms with Gasteiger partial charge in [0.05, 0.1) is 17.4 Å².